The summed E-state index contributed by atoms with van der Waals surface area (Å²) in [6, 6.07) is 0. The van der Waals surface area contributed by atoms with Crippen LogP contribution in [-0.4, -0.2) is 23.8 Å². The van der Waals surface area contributed by atoms with E-state index in [-0.39, 0.29) is 17.2 Å². The van der Waals surface area contributed by atoms with Crippen LogP contribution >= 0.6 is 0 Å². The highest BCUT2D eigenvalue weighted by atomic mass is 16.5. The maximum atomic E-state index is 11.9. The number of allylic oxidation sites excluding steroid dienone is 3. The van der Waals surface area contributed by atoms with Gasteiger partial charge in [0.1, 0.15) is 12.4 Å². The zero-order chi connectivity index (χ0) is 13.6. The number of rotatable bonds is 2. The van der Waals surface area contributed by atoms with Gasteiger partial charge in [-0.3, -0.25) is 4.79 Å². The summed E-state index contributed by atoms with van der Waals surface area (Å²) in [7, 11) is 0. The van der Waals surface area contributed by atoms with Crippen LogP contribution in [0.15, 0.2) is 28.8 Å². The SMILES string of the molecule is CC(=O)[C@@]1(C)C=CC=C(C2=NC(C)(C)CO2)[C@H]1C. The van der Waals surface area contributed by atoms with Crippen molar-refractivity contribution in [2.24, 2.45) is 16.3 Å². The molecule has 2 atom stereocenters. The van der Waals surface area contributed by atoms with E-state index in [4.69, 9.17) is 4.74 Å². The van der Waals surface area contributed by atoms with Gasteiger partial charge in [0.05, 0.1) is 11.0 Å². The first-order valence-corrected chi connectivity index (χ1v) is 6.40. The Morgan fingerprint density at radius 2 is 2.11 bits per heavy atom. The van der Waals surface area contributed by atoms with E-state index in [0.717, 1.165) is 5.57 Å². The maximum Gasteiger partial charge on any atom is 0.212 e. The van der Waals surface area contributed by atoms with Gasteiger partial charge in [-0.2, -0.15) is 0 Å². The summed E-state index contributed by atoms with van der Waals surface area (Å²) in [5, 5.41) is 0. The number of Topliss-reactive ketones (excluding diaryl/α,β-unsaturated/α-hetero) is 1. The molecule has 0 bridgehead atoms. The first-order valence-electron chi connectivity index (χ1n) is 6.40. The van der Waals surface area contributed by atoms with E-state index in [1.165, 1.54) is 0 Å². The van der Waals surface area contributed by atoms with Crippen molar-refractivity contribution in [1.82, 2.24) is 0 Å². The number of nitrogens with zero attached hydrogens (tertiary/aromatic N) is 1. The van der Waals surface area contributed by atoms with Gasteiger partial charge in [-0.25, -0.2) is 4.99 Å². The summed E-state index contributed by atoms with van der Waals surface area (Å²) >= 11 is 0. The Morgan fingerprint density at radius 3 is 2.61 bits per heavy atom. The Hall–Kier alpha value is -1.38. The average molecular weight is 247 g/mol. The van der Waals surface area contributed by atoms with E-state index in [2.05, 4.69) is 11.9 Å². The monoisotopic (exact) mass is 247 g/mol. The van der Waals surface area contributed by atoms with Crippen LogP contribution in [0.25, 0.3) is 0 Å². The van der Waals surface area contributed by atoms with Gasteiger partial charge in [0.2, 0.25) is 5.90 Å². The fourth-order valence-corrected chi connectivity index (χ4v) is 2.37. The molecular formula is C15H21NO2. The van der Waals surface area contributed by atoms with Crippen LogP contribution < -0.4 is 0 Å². The molecule has 0 saturated carbocycles. The Labute approximate surface area is 109 Å². The van der Waals surface area contributed by atoms with Crippen molar-refractivity contribution in [3.05, 3.63) is 23.8 Å². The topological polar surface area (TPSA) is 38.7 Å². The zero-order valence-corrected chi connectivity index (χ0v) is 11.8. The summed E-state index contributed by atoms with van der Waals surface area (Å²) in [6.07, 6.45) is 5.92. The number of ketones is 1. The van der Waals surface area contributed by atoms with Crippen LogP contribution in [0.2, 0.25) is 0 Å². The minimum absolute atomic E-state index is 0.0904. The van der Waals surface area contributed by atoms with Crippen LogP contribution in [0.1, 0.15) is 34.6 Å². The molecule has 1 aliphatic carbocycles. The molecule has 0 saturated heterocycles. The molecular weight excluding hydrogens is 226 g/mol. The van der Waals surface area contributed by atoms with Gasteiger partial charge in [0.15, 0.2) is 0 Å². The number of aliphatic imine (C=N–C) groups is 1. The quantitative estimate of drug-likeness (QED) is 0.752. The van der Waals surface area contributed by atoms with Gasteiger partial charge in [-0.15, -0.1) is 0 Å². The zero-order valence-electron chi connectivity index (χ0n) is 11.8. The van der Waals surface area contributed by atoms with Crippen molar-refractivity contribution >= 4 is 11.7 Å². The molecule has 0 unspecified atom stereocenters. The molecule has 0 aromatic heterocycles. The summed E-state index contributed by atoms with van der Waals surface area (Å²) in [5.74, 6) is 0.965. The molecule has 2 aliphatic rings. The van der Waals surface area contributed by atoms with Crippen molar-refractivity contribution in [3.63, 3.8) is 0 Å². The molecule has 0 radical (unpaired) electrons. The van der Waals surface area contributed by atoms with E-state index >= 15 is 0 Å². The third-order valence-electron chi connectivity index (χ3n) is 4.06. The Balaban J connectivity index is 2.34. The highest BCUT2D eigenvalue weighted by Crippen LogP contribution is 2.40. The fraction of sp³-hybridized carbons (Fsp3) is 0.600. The first-order chi connectivity index (χ1) is 8.26. The van der Waals surface area contributed by atoms with Gasteiger partial charge in [0, 0.05) is 11.5 Å². The molecule has 0 N–H and O–H groups in total. The Morgan fingerprint density at radius 1 is 1.44 bits per heavy atom. The highest BCUT2D eigenvalue weighted by Gasteiger charge is 2.40. The van der Waals surface area contributed by atoms with Crippen molar-refractivity contribution in [3.8, 4) is 0 Å². The number of ether oxygens (including phenoxy) is 1. The molecule has 1 aliphatic heterocycles. The summed E-state index contributed by atoms with van der Waals surface area (Å²) in [6.45, 7) is 10.4. The second kappa shape index (κ2) is 4.08. The third-order valence-corrected chi connectivity index (χ3v) is 4.06. The molecule has 0 aromatic carbocycles. The molecule has 2 rings (SSSR count). The lowest BCUT2D eigenvalue weighted by Crippen LogP contribution is -2.35. The van der Waals surface area contributed by atoms with Crippen molar-refractivity contribution in [2.45, 2.75) is 40.2 Å². The minimum Gasteiger partial charge on any atom is -0.475 e. The van der Waals surface area contributed by atoms with Crippen molar-refractivity contribution in [2.75, 3.05) is 6.61 Å². The molecule has 0 spiro atoms. The fourth-order valence-electron chi connectivity index (χ4n) is 2.37. The number of carbonyl (C=O) groups excluding carboxylic acids is 1. The van der Waals surface area contributed by atoms with Crippen LogP contribution in [0.5, 0.6) is 0 Å². The van der Waals surface area contributed by atoms with E-state index < -0.39 is 5.41 Å². The number of hydrogen-bond acceptors (Lipinski definition) is 3. The molecule has 98 valence electrons. The Bertz CT molecular complexity index is 471. The normalized spacial score (nSPS) is 33.7. The van der Waals surface area contributed by atoms with E-state index in [1.807, 2.05) is 39.0 Å². The van der Waals surface area contributed by atoms with E-state index in [9.17, 15) is 4.79 Å². The first kappa shape index (κ1) is 13.1. The highest BCUT2D eigenvalue weighted by molar-refractivity contribution is 5.98. The molecule has 3 nitrogen and oxygen atoms in total. The van der Waals surface area contributed by atoms with Crippen LogP contribution in [0.4, 0.5) is 0 Å². The van der Waals surface area contributed by atoms with Gasteiger partial charge < -0.3 is 4.74 Å². The minimum atomic E-state index is -0.456. The molecule has 0 amide bonds. The standard InChI is InChI=1S/C15H21NO2/c1-10-12(13-16-14(3,4)9-18-13)7-6-8-15(10,5)11(2)17/h6-8,10H,9H2,1-5H3/t10-,15+/m1/s1. The second-order valence-electron chi connectivity index (χ2n) is 6.06. The number of hydrogen-bond donors (Lipinski definition) is 0. The van der Waals surface area contributed by atoms with E-state index in [0.29, 0.717) is 12.5 Å². The van der Waals surface area contributed by atoms with Crippen LogP contribution in [-0.2, 0) is 9.53 Å². The lowest BCUT2D eigenvalue weighted by Gasteiger charge is -2.34. The molecule has 0 fully saturated rings. The summed E-state index contributed by atoms with van der Waals surface area (Å²) in [4.78, 5) is 16.5. The van der Waals surface area contributed by atoms with Gasteiger partial charge in [-0.1, -0.05) is 25.2 Å². The molecule has 3 heteroatoms. The predicted octanol–water partition coefficient (Wildman–Crippen LogP) is 2.92. The summed E-state index contributed by atoms with van der Waals surface area (Å²) < 4.78 is 5.69. The van der Waals surface area contributed by atoms with E-state index in [1.54, 1.807) is 6.92 Å². The largest absolute Gasteiger partial charge is 0.475 e. The number of carbonyl (C=O) groups is 1. The van der Waals surface area contributed by atoms with Crippen LogP contribution in [0.3, 0.4) is 0 Å². The molecule has 18 heavy (non-hydrogen) atoms. The van der Waals surface area contributed by atoms with Crippen molar-refractivity contribution < 1.29 is 9.53 Å². The van der Waals surface area contributed by atoms with Gasteiger partial charge >= 0.3 is 0 Å². The van der Waals surface area contributed by atoms with Gasteiger partial charge in [-0.05, 0) is 27.7 Å². The Kier molecular flexibility index (Phi) is 2.96. The summed E-state index contributed by atoms with van der Waals surface area (Å²) in [5.41, 5.74) is 0.410. The predicted molar refractivity (Wildman–Crippen MR) is 72.6 cm³/mol. The van der Waals surface area contributed by atoms with Gasteiger partial charge in [0.25, 0.3) is 0 Å². The average Bonchev–Trinajstić information content (AvgIpc) is 2.62. The lowest BCUT2D eigenvalue weighted by atomic mass is 9.69. The smallest absolute Gasteiger partial charge is 0.212 e. The maximum absolute atomic E-state index is 11.9. The van der Waals surface area contributed by atoms with Crippen molar-refractivity contribution in [1.29, 1.82) is 0 Å². The second-order valence-corrected chi connectivity index (χ2v) is 6.06. The molecule has 1 heterocycles. The lowest BCUT2D eigenvalue weighted by molar-refractivity contribution is -0.124. The molecule has 0 aromatic rings. The third kappa shape index (κ3) is 2.02. The van der Waals surface area contributed by atoms with Crippen LogP contribution in [0, 0.1) is 11.3 Å².